The monoisotopic (exact) mass is 484 g/mol. The fourth-order valence-electron chi connectivity index (χ4n) is 4.02. The van der Waals surface area contributed by atoms with Gasteiger partial charge >= 0.3 is 187 Å². The molecule has 1 N–H and O–H groups in total. The van der Waals surface area contributed by atoms with Crippen molar-refractivity contribution in [2.45, 2.75) is 75.3 Å². The topological polar surface area (TPSA) is 63.5 Å². The molecular weight excluding hydrogens is 447 g/mol. The number of ether oxygens (including phenoxy) is 3. The molecule has 3 rings (SSSR count). The van der Waals surface area contributed by atoms with Gasteiger partial charge < -0.3 is 0 Å². The van der Waals surface area contributed by atoms with Crippen molar-refractivity contribution in [2.75, 3.05) is 26.9 Å². The predicted octanol–water partition coefficient (Wildman–Crippen LogP) is 2.58. The molecule has 6 nitrogen and oxygen atoms in total. The van der Waals surface area contributed by atoms with E-state index >= 15 is 0 Å². The van der Waals surface area contributed by atoms with Crippen molar-refractivity contribution in [1.82, 2.24) is 5.01 Å². The molecule has 168 valence electrons. The van der Waals surface area contributed by atoms with Crippen molar-refractivity contribution >= 4 is 25.1 Å². The number of aliphatic hydroxyl groups excluding tert-OH is 1. The molecule has 7 heteroatoms. The summed E-state index contributed by atoms with van der Waals surface area (Å²) in [7, 11) is 1.73. The van der Waals surface area contributed by atoms with Crippen LogP contribution in [0.5, 0.6) is 0 Å². The molecule has 30 heavy (non-hydrogen) atoms. The SMILES string of the molecule is CCCC([Se]c1ccccc1)C(O)[C@@H]1OC(C)(C)OC/C1=N\N1CCC[C@H]1COC. The van der Waals surface area contributed by atoms with Gasteiger partial charge in [0.25, 0.3) is 0 Å². The van der Waals surface area contributed by atoms with E-state index in [2.05, 4.69) is 36.2 Å². The second-order valence-electron chi connectivity index (χ2n) is 8.48. The third-order valence-electron chi connectivity index (χ3n) is 5.56. The average molecular weight is 484 g/mol. The van der Waals surface area contributed by atoms with Crippen LogP contribution in [-0.2, 0) is 14.2 Å². The quantitative estimate of drug-likeness (QED) is 0.547. The summed E-state index contributed by atoms with van der Waals surface area (Å²) >= 11 is 0.153. The molecule has 2 fully saturated rings. The van der Waals surface area contributed by atoms with Gasteiger partial charge in [0, 0.05) is 0 Å². The summed E-state index contributed by atoms with van der Waals surface area (Å²) < 4.78 is 18.8. The van der Waals surface area contributed by atoms with Gasteiger partial charge in [0.2, 0.25) is 0 Å². The second kappa shape index (κ2) is 11.1. The number of benzene rings is 1. The molecule has 2 aliphatic heterocycles. The Kier molecular flexibility index (Phi) is 8.75. The molecule has 0 aliphatic carbocycles. The van der Waals surface area contributed by atoms with Crippen LogP contribution in [0.25, 0.3) is 0 Å². The Morgan fingerprint density at radius 3 is 2.80 bits per heavy atom. The third-order valence-corrected chi connectivity index (χ3v) is 8.42. The predicted molar refractivity (Wildman–Crippen MR) is 120 cm³/mol. The van der Waals surface area contributed by atoms with Crippen LogP contribution in [-0.4, -0.2) is 81.7 Å². The zero-order chi connectivity index (χ0) is 21.6. The molecule has 1 aromatic rings. The van der Waals surface area contributed by atoms with Crippen LogP contribution in [0.15, 0.2) is 35.4 Å². The van der Waals surface area contributed by atoms with Crippen molar-refractivity contribution in [1.29, 1.82) is 0 Å². The van der Waals surface area contributed by atoms with E-state index in [1.807, 2.05) is 19.9 Å². The third kappa shape index (κ3) is 6.28. The van der Waals surface area contributed by atoms with Gasteiger partial charge in [0.1, 0.15) is 0 Å². The molecular formula is C23H36N2O4Se. The maximum atomic E-state index is 11.5. The van der Waals surface area contributed by atoms with Gasteiger partial charge in [0.15, 0.2) is 0 Å². The van der Waals surface area contributed by atoms with E-state index in [-0.39, 0.29) is 25.8 Å². The van der Waals surface area contributed by atoms with E-state index in [0.717, 1.165) is 37.9 Å². The van der Waals surface area contributed by atoms with Crippen LogP contribution >= 0.6 is 0 Å². The van der Waals surface area contributed by atoms with Gasteiger partial charge in [-0.05, 0) is 0 Å². The average Bonchev–Trinajstić information content (AvgIpc) is 3.16. The first-order valence-corrected chi connectivity index (χ1v) is 12.8. The Balaban J connectivity index is 1.81. The number of aliphatic hydroxyl groups is 1. The van der Waals surface area contributed by atoms with E-state index < -0.39 is 18.0 Å². The zero-order valence-electron chi connectivity index (χ0n) is 18.6. The van der Waals surface area contributed by atoms with Gasteiger partial charge in [-0.3, -0.25) is 0 Å². The van der Waals surface area contributed by atoms with Gasteiger partial charge in [-0.2, -0.15) is 0 Å². The molecule has 2 saturated heterocycles. The fraction of sp³-hybridized carbons (Fsp3) is 0.696. The fourth-order valence-corrected chi connectivity index (χ4v) is 6.75. The summed E-state index contributed by atoms with van der Waals surface area (Å²) in [6, 6.07) is 10.7. The van der Waals surface area contributed by atoms with E-state index in [9.17, 15) is 5.11 Å². The number of hydrogen-bond donors (Lipinski definition) is 1. The van der Waals surface area contributed by atoms with Crippen molar-refractivity contribution in [2.24, 2.45) is 5.10 Å². The van der Waals surface area contributed by atoms with Crippen LogP contribution in [0.4, 0.5) is 0 Å². The summed E-state index contributed by atoms with van der Waals surface area (Å²) in [5, 5.41) is 18.5. The summed E-state index contributed by atoms with van der Waals surface area (Å²) in [5.74, 6) is -0.738. The molecule has 0 bridgehead atoms. The summed E-state index contributed by atoms with van der Waals surface area (Å²) in [5.41, 5.74) is 0.787. The van der Waals surface area contributed by atoms with E-state index in [4.69, 9.17) is 19.3 Å². The normalized spacial score (nSPS) is 27.4. The number of methoxy groups -OCH3 is 1. The first-order valence-electron chi connectivity index (χ1n) is 11.0. The molecule has 0 radical (unpaired) electrons. The summed E-state index contributed by atoms with van der Waals surface area (Å²) in [6.45, 7) is 7.92. The molecule has 4 atom stereocenters. The van der Waals surface area contributed by atoms with E-state index in [1.165, 1.54) is 4.46 Å². The number of rotatable bonds is 9. The van der Waals surface area contributed by atoms with Crippen molar-refractivity contribution < 1.29 is 19.3 Å². The molecule has 0 amide bonds. The molecule has 2 unspecified atom stereocenters. The first-order chi connectivity index (χ1) is 14.4. The molecule has 0 saturated carbocycles. The molecule has 2 heterocycles. The minimum absolute atomic E-state index is 0.153. The van der Waals surface area contributed by atoms with Gasteiger partial charge in [0.05, 0.1) is 0 Å². The molecule has 0 aromatic heterocycles. The van der Waals surface area contributed by atoms with Crippen molar-refractivity contribution in [3.8, 4) is 0 Å². The van der Waals surface area contributed by atoms with Crippen LogP contribution in [0.2, 0.25) is 4.82 Å². The van der Waals surface area contributed by atoms with E-state index in [1.54, 1.807) is 7.11 Å². The van der Waals surface area contributed by atoms with Crippen LogP contribution in [0.1, 0.15) is 46.5 Å². The Hall–Kier alpha value is -0.951. The van der Waals surface area contributed by atoms with E-state index in [0.29, 0.717) is 13.2 Å². The first kappa shape index (κ1) is 23.7. The zero-order valence-corrected chi connectivity index (χ0v) is 20.3. The van der Waals surface area contributed by atoms with Gasteiger partial charge in [-0.1, -0.05) is 0 Å². The second-order valence-corrected chi connectivity index (χ2v) is 11.2. The maximum absolute atomic E-state index is 11.5. The minimum atomic E-state index is -0.738. The Morgan fingerprint density at radius 1 is 1.33 bits per heavy atom. The van der Waals surface area contributed by atoms with Crippen molar-refractivity contribution in [3.63, 3.8) is 0 Å². The van der Waals surface area contributed by atoms with Crippen molar-refractivity contribution in [3.05, 3.63) is 30.3 Å². The van der Waals surface area contributed by atoms with Crippen LogP contribution < -0.4 is 4.46 Å². The standard InChI is InChI=1S/C23H36N2O4Se/c1-5-10-20(30-18-12-7-6-8-13-18)21(26)22-19(16-28-23(2,3)29-22)24-25-14-9-11-17(25)15-27-4/h6-8,12-13,17,20-22,26H,5,9-11,14-16H2,1-4H3/b24-19+/t17-,20?,21?,22+/m0/s1. The molecule has 0 spiro atoms. The Labute approximate surface area is 187 Å². The molecule has 2 aliphatic rings. The summed E-state index contributed by atoms with van der Waals surface area (Å²) in [4.78, 5) is 0.155. The molecule has 1 aromatic carbocycles. The number of hydrogen-bond acceptors (Lipinski definition) is 6. The van der Waals surface area contributed by atoms with Gasteiger partial charge in [-0.25, -0.2) is 0 Å². The van der Waals surface area contributed by atoms with Crippen LogP contribution in [0, 0.1) is 0 Å². The van der Waals surface area contributed by atoms with Gasteiger partial charge in [-0.15, -0.1) is 0 Å². The number of nitrogens with zero attached hydrogens (tertiary/aromatic N) is 2. The number of hydrazone groups is 1. The summed E-state index contributed by atoms with van der Waals surface area (Å²) in [6.07, 6.45) is 3.08. The Bertz CT molecular complexity index is 685. The Morgan fingerprint density at radius 2 is 2.10 bits per heavy atom. The van der Waals surface area contributed by atoms with Crippen LogP contribution in [0.3, 0.4) is 0 Å².